The molecule has 1 aromatic heterocycles. The minimum Gasteiger partial charge on any atom is -0.331 e. The summed E-state index contributed by atoms with van der Waals surface area (Å²) in [5.74, 6) is 1.24. The zero-order valence-corrected chi connectivity index (χ0v) is 11.2. The minimum absolute atomic E-state index is 0.306. The first kappa shape index (κ1) is 10.3. The van der Waals surface area contributed by atoms with Crippen molar-refractivity contribution in [1.82, 2.24) is 9.55 Å². The number of aromatic nitrogens is 2. The maximum absolute atomic E-state index is 4.79. The Morgan fingerprint density at radius 2 is 2.12 bits per heavy atom. The van der Waals surface area contributed by atoms with Gasteiger partial charge < -0.3 is 4.57 Å². The molecule has 0 aliphatic heterocycles. The molecule has 1 aromatic carbocycles. The van der Waals surface area contributed by atoms with Crippen LogP contribution >= 0.6 is 15.9 Å². The fourth-order valence-electron chi connectivity index (χ4n) is 2.63. The summed E-state index contributed by atoms with van der Waals surface area (Å²) in [6.45, 7) is 2.33. The third kappa shape index (κ3) is 1.34. The minimum atomic E-state index is 0.306. The van der Waals surface area contributed by atoms with Crippen molar-refractivity contribution in [2.24, 2.45) is 7.05 Å². The predicted molar refractivity (Wildman–Crippen MR) is 69.6 cm³/mol. The molecule has 2 aromatic rings. The highest BCUT2D eigenvalue weighted by molar-refractivity contribution is 9.10. The summed E-state index contributed by atoms with van der Waals surface area (Å²) in [6, 6.07) is 6.29. The van der Waals surface area contributed by atoms with E-state index in [-0.39, 0.29) is 0 Å². The van der Waals surface area contributed by atoms with Gasteiger partial charge in [0.2, 0.25) is 0 Å². The first-order chi connectivity index (χ1) is 7.60. The maximum Gasteiger partial charge on any atom is 0.115 e. The molecule has 1 fully saturated rings. The van der Waals surface area contributed by atoms with Crippen LogP contribution in [-0.4, -0.2) is 9.55 Å². The molecule has 16 heavy (non-hydrogen) atoms. The van der Waals surface area contributed by atoms with E-state index in [1.54, 1.807) is 0 Å². The van der Waals surface area contributed by atoms with E-state index in [4.69, 9.17) is 4.98 Å². The van der Waals surface area contributed by atoms with Crippen LogP contribution in [0.15, 0.2) is 22.7 Å². The van der Waals surface area contributed by atoms with Crippen LogP contribution < -0.4 is 0 Å². The van der Waals surface area contributed by atoms with Gasteiger partial charge in [0.25, 0.3) is 0 Å². The SMILES string of the molecule is Cn1c(C2(C)CCC2)nc2ccc(Br)cc21. The molecule has 1 aliphatic carbocycles. The topological polar surface area (TPSA) is 17.8 Å². The van der Waals surface area contributed by atoms with Gasteiger partial charge in [-0.15, -0.1) is 0 Å². The zero-order chi connectivity index (χ0) is 11.3. The van der Waals surface area contributed by atoms with E-state index in [2.05, 4.69) is 52.7 Å². The molecule has 84 valence electrons. The Balaban J connectivity index is 2.23. The number of imidazole rings is 1. The Kier molecular flexibility index (Phi) is 2.15. The smallest absolute Gasteiger partial charge is 0.115 e. The van der Waals surface area contributed by atoms with E-state index in [1.165, 1.54) is 30.6 Å². The van der Waals surface area contributed by atoms with Gasteiger partial charge in [-0.1, -0.05) is 29.3 Å². The highest BCUT2D eigenvalue weighted by Gasteiger charge is 2.37. The molecular formula is C13H15BrN2. The molecule has 0 saturated heterocycles. The number of aryl methyl sites for hydroxylation is 1. The highest BCUT2D eigenvalue weighted by Crippen LogP contribution is 2.43. The Morgan fingerprint density at radius 3 is 2.75 bits per heavy atom. The van der Waals surface area contributed by atoms with Crippen LogP contribution in [0.25, 0.3) is 11.0 Å². The van der Waals surface area contributed by atoms with E-state index in [0.29, 0.717) is 5.41 Å². The highest BCUT2D eigenvalue weighted by atomic mass is 79.9. The molecule has 1 saturated carbocycles. The number of hydrogen-bond donors (Lipinski definition) is 0. The second-order valence-corrected chi connectivity index (χ2v) is 5.96. The summed E-state index contributed by atoms with van der Waals surface area (Å²) >= 11 is 3.52. The molecule has 0 atom stereocenters. The lowest BCUT2D eigenvalue weighted by atomic mass is 9.70. The summed E-state index contributed by atoms with van der Waals surface area (Å²) < 4.78 is 3.37. The number of fused-ring (bicyclic) bond motifs is 1. The third-order valence-electron chi connectivity index (χ3n) is 3.84. The molecule has 0 radical (unpaired) electrons. The van der Waals surface area contributed by atoms with Crippen molar-refractivity contribution >= 4 is 27.0 Å². The fraction of sp³-hybridized carbons (Fsp3) is 0.462. The molecule has 2 nitrogen and oxygen atoms in total. The molecule has 0 unspecified atom stereocenters. The van der Waals surface area contributed by atoms with Crippen LogP contribution in [0.3, 0.4) is 0 Å². The summed E-state index contributed by atoms with van der Waals surface area (Å²) in [4.78, 5) is 4.79. The van der Waals surface area contributed by atoms with Crippen LogP contribution in [0.5, 0.6) is 0 Å². The summed E-state index contributed by atoms with van der Waals surface area (Å²) in [5.41, 5.74) is 2.63. The Bertz CT molecular complexity index is 552. The monoisotopic (exact) mass is 278 g/mol. The van der Waals surface area contributed by atoms with Gasteiger partial charge in [0.1, 0.15) is 5.82 Å². The molecule has 1 aliphatic rings. The lowest BCUT2D eigenvalue weighted by Crippen LogP contribution is -2.33. The van der Waals surface area contributed by atoms with Gasteiger partial charge in [0.15, 0.2) is 0 Å². The van der Waals surface area contributed by atoms with Crippen molar-refractivity contribution in [3.63, 3.8) is 0 Å². The normalized spacial score (nSPS) is 18.7. The van der Waals surface area contributed by atoms with Crippen molar-refractivity contribution in [3.05, 3.63) is 28.5 Å². The average Bonchev–Trinajstić information content (AvgIpc) is 2.53. The maximum atomic E-state index is 4.79. The van der Waals surface area contributed by atoms with E-state index >= 15 is 0 Å². The number of hydrogen-bond acceptors (Lipinski definition) is 1. The lowest BCUT2D eigenvalue weighted by molar-refractivity contribution is 0.251. The van der Waals surface area contributed by atoms with Gasteiger partial charge in [0.05, 0.1) is 11.0 Å². The lowest BCUT2D eigenvalue weighted by Gasteiger charge is -2.37. The van der Waals surface area contributed by atoms with Crippen molar-refractivity contribution in [2.45, 2.75) is 31.6 Å². The van der Waals surface area contributed by atoms with Crippen LogP contribution in [0, 0.1) is 0 Å². The number of halogens is 1. The number of rotatable bonds is 1. The van der Waals surface area contributed by atoms with Gasteiger partial charge >= 0.3 is 0 Å². The van der Waals surface area contributed by atoms with Gasteiger partial charge in [0, 0.05) is 16.9 Å². The van der Waals surface area contributed by atoms with Crippen LogP contribution in [0.1, 0.15) is 32.0 Å². The zero-order valence-electron chi connectivity index (χ0n) is 9.63. The standard InChI is InChI=1S/C13H15BrN2/c1-13(6-3-7-13)12-15-10-5-4-9(14)8-11(10)16(12)2/h4-5,8H,3,6-7H2,1-2H3. The van der Waals surface area contributed by atoms with E-state index in [1.807, 2.05) is 0 Å². The van der Waals surface area contributed by atoms with Crippen molar-refractivity contribution in [3.8, 4) is 0 Å². The van der Waals surface area contributed by atoms with Gasteiger partial charge in [-0.25, -0.2) is 4.98 Å². The number of benzene rings is 1. The summed E-state index contributed by atoms with van der Waals surface area (Å²) in [6.07, 6.45) is 3.88. The summed E-state index contributed by atoms with van der Waals surface area (Å²) in [7, 11) is 2.13. The summed E-state index contributed by atoms with van der Waals surface area (Å²) in [5, 5.41) is 0. The molecule has 0 N–H and O–H groups in total. The van der Waals surface area contributed by atoms with E-state index in [0.717, 1.165) is 9.99 Å². The van der Waals surface area contributed by atoms with E-state index in [9.17, 15) is 0 Å². The van der Waals surface area contributed by atoms with Crippen molar-refractivity contribution in [1.29, 1.82) is 0 Å². The van der Waals surface area contributed by atoms with Gasteiger partial charge in [-0.3, -0.25) is 0 Å². The largest absolute Gasteiger partial charge is 0.331 e. The third-order valence-corrected chi connectivity index (χ3v) is 4.33. The van der Waals surface area contributed by atoms with Gasteiger partial charge in [-0.05, 0) is 31.0 Å². The molecule has 0 amide bonds. The quantitative estimate of drug-likeness (QED) is 0.776. The van der Waals surface area contributed by atoms with Crippen molar-refractivity contribution < 1.29 is 0 Å². The second-order valence-electron chi connectivity index (χ2n) is 5.04. The first-order valence-electron chi connectivity index (χ1n) is 5.73. The van der Waals surface area contributed by atoms with Crippen molar-refractivity contribution in [2.75, 3.05) is 0 Å². The average molecular weight is 279 g/mol. The number of nitrogens with zero attached hydrogens (tertiary/aromatic N) is 2. The molecule has 1 heterocycles. The Morgan fingerprint density at radius 1 is 1.38 bits per heavy atom. The van der Waals surface area contributed by atoms with Crippen LogP contribution in [0.4, 0.5) is 0 Å². The molecule has 3 heteroatoms. The first-order valence-corrected chi connectivity index (χ1v) is 6.52. The second kappa shape index (κ2) is 3.33. The van der Waals surface area contributed by atoms with E-state index < -0.39 is 0 Å². The molecule has 3 rings (SSSR count). The van der Waals surface area contributed by atoms with Crippen LogP contribution in [0.2, 0.25) is 0 Å². The fourth-order valence-corrected chi connectivity index (χ4v) is 2.98. The van der Waals surface area contributed by atoms with Crippen LogP contribution in [-0.2, 0) is 12.5 Å². The molecule has 0 spiro atoms. The molecular weight excluding hydrogens is 264 g/mol. The predicted octanol–water partition coefficient (Wildman–Crippen LogP) is 3.78. The molecule has 0 bridgehead atoms. The Labute approximate surface area is 104 Å². The Hall–Kier alpha value is -0.830. The van der Waals surface area contributed by atoms with Gasteiger partial charge in [-0.2, -0.15) is 0 Å².